The Morgan fingerprint density at radius 1 is 1.16 bits per heavy atom. The maximum Gasteiger partial charge on any atom is 0.149 e. The van der Waals surface area contributed by atoms with Crippen LogP contribution in [-0.4, -0.2) is 9.97 Å². The minimum Gasteiger partial charge on any atom is -0.488 e. The second-order valence-electron chi connectivity index (χ2n) is 6.62. The second-order valence-corrected chi connectivity index (χ2v) is 8.38. The molecule has 4 nitrogen and oxygen atoms in total. The van der Waals surface area contributed by atoms with Crippen LogP contribution < -0.4 is 4.74 Å². The molecule has 0 saturated carbocycles. The number of hydrogen-bond donors (Lipinski definition) is 1. The molecule has 0 saturated heterocycles. The third-order valence-electron chi connectivity index (χ3n) is 4.49. The highest BCUT2D eigenvalue weighted by molar-refractivity contribution is 9.10. The molecule has 8 heteroatoms. The average molecular weight is 517 g/mol. The lowest BCUT2D eigenvalue weighted by Gasteiger charge is -2.11. The van der Waals surface area contributed by atoms with Crippen LogP contribution in [-0.2, 0) is 6.61 Å². The average Bonchev–Trinajstić information content (AvgIpc) is 3.15. The van der Waals surface area contributed by atoms with Crippen molar-refractivity contribution in [3.8, 4) is 11.8 Å². The van der Waals surface area contributed by atoms with Gasteiger partial charge in [0.1, 0.15) is 30.1 Å². The highest BCUT2D eigenvalue weighted by atomic mass is 79.9. The van der Waals surface area contributed by atoms with Gasteiger partial charge in [0.25, 0.3) is 0 Å². The first-order valence-corrected chi connectivity index (χ1v) is 10.6. The number of allylic oxidation sites excluding steroid dienone is 1. The van der Waals surface area contributed by atoms with Gasteiger partial charge < -0.3 is 9.72 Å². The molecule has 1 heterocycles. The van der Waals surface area contributed by atoms with E-state index < -0.39 is 0 Å². The molecule has 4 aromatic rings. The SMILES string of the molecule is N#C/C(=C/c1cc(Br)ccc1OCc1ccc(Cl)cc1Cl)c1nc2ccc(F)cc2[nH]1. The number of benzene rings is 3. The van der Waals surface area contributed by atoms with Crippen LogP contribution in [0.4, 0.5) is 4.39 Å². The zero-order valence-electron chi connectivity index (χ0n) is 15.8. The maximum atomic E-state index is 13.5. The molecule has 1 aromatic heterocycles. The standard InChI is InChI=1S/C23H13BrCl2FN3O/c24-16-2-6-22(31-12-13-1-3-17(25)9-19(13)26)14(8-16)7-15(11-28)23-29-20-5-4-18(27)10-21(20)30-23/h1-10H,12H2,(H,29,30)/b15-7-. The van der Waals surface area contributed by atoms with E-state index in [1.54, 1.807) is 36.4 Å². The number of hydrogen-bond acceptors (Lipinski definition) is 3. The fourth-order valence-corrected chi connectivity index (χ4v) is 3.82. The van der Waals surface area contributed by atoms with Gasteiger partial charge in [0.05, 0.1) is 16.6 Å². The molecule has 0 atom stereocenters. The van der Waals surface area contributed by atoms with Crippen LogP contribution in [0.5, 0.6) is 5.75 Å². The molecule has 0 aliphatic heterocycles. The number of aromatic nitrogens is 2. The molecule has 0 amide bonds. The summed E-state index contributed by atoms with van der Waals surface area (Å²) in [5.74, 6) is 0.521. The summed E-state index contributed by atoms with van der Waals surface area (Å²) in [7, 11) is 0. The van der Waals surface area contributed by atoms with Gasteiger partial charge in [-0.05, 0) is 54.6 Å². The number of imidazole rings is 1. The Bertz CT molecular complexity index is 1360. The normalized spacial score (nSPS) is 11.5. The van der Waals surface area contributed by atoms with Gasteiger partial charge in [0.15, 0.2) is 0 Å². The number of nitriles is 1. The maximum absolute atomic E-state index is 13.5. The van der Waals surface area contributed by atoms with Gasteiger partial charge in [-0.15, -0.1) is 0 Å². The number of H-pyrrole nitrogens is 1. The van der Waals surface area contributed by atoms with Crippen LogP contribution >= 0.6 is 39.1 Å². The largest absolute Gasteiger partial charge is 0.488 e. The zero-order chi connectivity index (χ0) is 22.0. The molecular formula is C23H13BrCl2FN3O. The molecule has 1 N–H and O–H groups in total. The molecule has 0 unspecified atom stereocenters. The minimum absolute atomic E-state index is 0.226. The molecule has 3 aromatic carbocycles. The van der Waals surface area contributed by atoms with Crippen molar-refractivity contribution in [3.63, 3.8) is 0 Å². The van der Waals surface area contributed by atoms with E-state index in [1.165, 1.54) is 12.1 Å². The quantitative estimate of drug-likeness (QED) is 0.281. The number of fused-ring (bicyclic) bond motifs is 1. The molecule has 0 aliphatic rings. The van der Waals surface area contributed by atoms with Gasteiger partial charge in [0.2, 0.25) is 0 Å². The Labute approximate surface area is 196 Å². The Balaban J connectivity index is 1.68. The van der Waals surface area contributed by atoms with E-state index in [9.17, 15) is 9.65 Å². The van der Waals surface area contributed by atoms with Crippen molar-refractivity contribution in [1.82, 2.24) is 9.97 Å². The number of halogens is 4. The lowest BCUT2D eigenvalue weighted by atomic mass is 10.1. The third kappa shape index (κ3) is 4.91. The summed E-state index contributed by atoms with van der Waals surface area (Å²) in [4.78, 5) is 7.38. The van der Waals surface area contributed by atoms with Gasteiger partial charge >= 0.3 is 0 Å². The fraction of sp³-hybridized carbons (Fsp3) is 0.0435. The molecule has 0 aliphatic carbocycles. The predicted molar refractivity (Wildman–Crippen MR) is 124 cm³/mol. The van der Waals surface area contributed by atoms with Gasteiger partial charge in [-0.25, -0.2) is 9.37 Å². The van der Waals surface area contributed by atoms with Crippen LogP contribution in [0.1, 0.15) is 17.0 Å². The summed E-state index contributed by atoms with van der Waals surface area (Å²) in [5.41, 5.74) is 2.82. The smallest absolute Gasteiger partial charge is 0.149 e. The van der Waals surface area contributed by atoms with Crippen molar-refractivity contribution in [2.24, 2.45) is 0 Å². The number of aromatic amines is 1. The van der Waals surface area contributed by atoms with Crippen LogP contribution in [0.2, 0.25) is 10.0 Å². The van der Waals surface area contributed by atoms with Crippen LogP contribution in [0.15, 0.2) is 59.1 Å². The van der Waals surface area contributed by atoms with E-state index in [0.29, 0.717) is 38.2 Å². The Hall–Kier alpha value is -2.85. The number of ether oxygens (including phenoxy) is 1. The summed E-state index contributed by atoms with van der Waals surface area (Å²) in [6, 6.07) is 17.0. The van der Waals surface area contributed by atoms with Crippen molar-refractivity contribution < 1.29 is 9.13 Å². The molecule has 0 spiro atoms. The van der Waals surface area contributed by atoms with E-state index in [0.717, 1.165) is 10.0 Å². The van der Waals surface area contributed by atoms with Gasteiger partial charge in [-0.1, -0.05) is 45.2 Å². The van der Waals surface area contributed by atoms with Gasteiger partial charge in [0, 0.05) is 25.6 Å². The number of nitrogens with zero attached hydrogens (tertiary/aromatic N) is 2. The first-order valence-electron chi connectivity index (χ1n) is 9.06. The van der Waals surface area contributed by atoms with E-state index in [-0.39, 0.29) is 18.0 Å². The summed E-state index contributed by atoms with van der Waals surface area (Å²) >= 11 is 15.6. The fourth-order valence-electron chi connectivity index (χ4n) is 2.98. The van der Waals surface area contributed by atoms with Crippen molar-refractivity contribution in [2.75, 3.05) is 0 Å². The molecule has 0 radical (unpaired) electrons. The third-order valence-corrected chi connectivity index (χ3v) is 5.57. The zero-order valence-corrected chi connectivity index (χ0v) is 18.9. The van der Waals surface area contributed by atoms with Crippen molar-refractivity contribution in [1.29, 1.82) is 5.26 Å². The Morgan fingerprint density at radius 2 is 2.00 bits per heavy atom. The summed E-state index contributed by atoms with van der Waals surface area (Å²) < 4.78 is 20.3. The second kappa shape index (κ2) is 9.11. The van der Waals surface area contributed by atoms with Crippen molar-refractivity contribution in [3.05, 3.63) is 91.9 Å². The highest BCUT2D eigenvalue weighted by Gasteiger charge is 2.12. The highest BCUT2D eigenvalue weighted by Crippen LogP contribution is 2.30. The topological polar surface area (TPSA) is 61.7 Å². The van der Waals surface area contributed by atoms with Crippen LogP contribution in [0.3, 0.4) is 0 Å². The monoisotopic (exact) mass is 515 g/mol. The molecule has 31 heavy (non-hydrogen) atoms. The Morgan fingerprint density at radius 3 is 2.77 bits per heavy atom. The first-order chi connectivity index (χ1) is 14.9. The van der Waals surface area contributed by atoms with Crippen LogP contribution in [0.25, 0.3) is 22.7 Å². The number of nitrogens with one attached hydrogen (secondary N) is 1. The predicted octanol–water partition coefficient (Wildman–Crippen LogP) is 7.41. The van der Waals surface area contributed by atoms with Crippen molar-refractivity contribution >= 4 is 61.8 Å². The van der Waals surface area contributed by atoms with Gasteiger partial charge in [-0.2, -0.15) is 5.26 Å². The molecular weight excluding hydrogens is 504 g/mol. The lowest BCUT2D eigenvalue weighted by molar-refractivity contribution is 0.305. The van der Waals surface area contributed by atoms with Crippen LogP contribution in [0, 0.1) is 17.1 Å². The first kappa shape index (κ1) is 21.4. The lowest BCUT2D eigenvalue weighted by Crippen LogP contribution is -1.98. The summed E-state index contributed by atoms with van der Waals surface area (Å²) in [6.07, 6.45) is 1.66. The van der Waals surface area contributed by atoms with E-state index in [2.05, 4.69) is 32.0 Å². The molecule has 4 rings (SSSR count). The molecule has 0 bridgehead atoms. The van der Waals surface area contributed by atoms with Gasteiger partial charge in [-0.3, -0.25) is 0 Å². The molecule has 154 valence electrons. The van der Waals surface area contributed by atoms with E-state index in [4.69, 9.17) is 27.9 Å². The van der Waals surface area contributed by atoms with E-state index >= 15 is 0 Å². The van der Waals surface area contributed by atoms with Crippen molar-refractivity contribution in [2.45, 2.75) is 6.61 Å². The summed E-state index contributed by atoms with van der Waals surface area (Å²) in [5, 5.41) is 10.8. The molecule has 0 fully saturated rings. The minimum atomic E-state index is -0.381. The number of rotatable bonds is 5. The van der Waals surface area contributed by atoms with E-state index in [1.807, 2.05) is 12.1 Å². The Kier molecular flexibility index (Phi) is 6.28. The summed E-state index contributed by atoms with van der Waals surface area (Å²) in [6.45, 7) is 0.226.